The van der Waals surface area contributed by atoms with Crippen molar-refractivity contribution in [1.82, 2.24) is 5.32 Å². The molecule has 0 aliphatic carbocycles. The maximum Gasteiger partial charge on any atom is 0.220 e. The lowest BCUT2D eigenvalue weighted by Gasteiger charge is -2.60. The molecule has 210 valence electrons. The summed E-state index contributed by atoms with van der Waals surface area (Å²) in [6.45, 7) is 35.6. The molecule has 0 rings (SSSR count). The van der Waals surface area contributed by atoms with Crippen LogP contribution in [0.4, 0.5) is 0 Å². The van der Waals surface area contributed by atoms with Crippen LogP contribution in [-0.2, 0) is 18.1 Å². The molecule has 8 heteroatoms. The molecule has 0 aliphatic rings. The lowest BCUT2D eigenvalue weighted by molar-refractivity contribution is -0.168. The summed E-state index contributed by atoms with van der Waals surface area (Å²) in [6, 6.07) is 0. The third kappa shape index (κ3) is 10.7. The van der Waals surface area contributed by atoms with Crippen LogP contribution in [0.3, 0.4) is 0 Å². The third-order valence-electron chi connectivity index (χ3n) is 6.00. The monoisotopic (exact) mass is 547 g/mol. The summed E-state index contributed by atoms with van der Waals surface area (Å²) < 4.78 is 21.0. The minimum Gasteiger partial charge on any atom is -0.415 e. The largest absolute Gasteiger partial charge is 0.415 e. The fourth-order valence-corrected chi connectivity index (χ4v) is 8.70. The number of hydrogen-bond acceptors (Lipinski definition) is 4. The number of rotatable bonds is 13. The molecule has 1 amide bonds. The summed E-state index contributed by atoms with van der Waals surface area (Å²) >= 11 is 0. The predicted octanol–water partition coefficient (Wildman–Crippen LogP) is 6.28. The smallest absolute Gasteiger partial charge is 0.220 e. The molecule has 0 aromatic carbocycles. The van der Waals surface area contributed by atoms with Crippen molar-refractivity contribution in [3.63, 3.8) is 0 Å². The van der Waals surface area contributed by atoms with E-state index in [1.54, 1.807) is 0 Å². The summed E-state index contributed by atoms with van der Waals surface area (Å²) in [4.78, 5) is 13.7. The first-order chi connectivity index (χ1) is 15.6. The van der Waals surface area contributed by atoms with Crippen LogP contribution in [0.25, 0.3) is 0 Å². The van der Waals surface area contributed by atoms with Crippen LogP contribution in [0.15, 0.2) is 0 Å². The Morgan fingerprint density at radius 3 is 1.14 bits per heavy atom. The van der Waals surface area contributed by atoms with Crippen molar-refractivity contribution in [2.75, 3.05) is 0 Å². The SMILES string of the molecule is CCCCC(=O)NC(C(O[SiH](C)C)C(C)(C)C)(C(O[SiH](C)C)C(C)(C)C)C(O[SiH](C)C)C(C)(C)C. The van der Waals surface area contributed by atoms with Gasteiger partial charge in [0.2, 0.25) is 5.91 Å². The Morgan fingerprint density at radius 1 is 0.657 bits per heavy atom. The van der Waals surface area contributed by atoms with Gasteiger partial charge >= 0.3 is 0 Å². The molecule has 0 aromatic heterocycles. The normalized spacial score (nSPS) is 18.0. The van der Waals surface area contributed by atoms with E-state index in [4.69, 9.17) is 13.3 Å². The van der Waals surface area contributed by atoms with Crippen molar-refractivity contribution in [2.45, 2.75) is 152 Å². The minimum absolute atomic E-state index is 0.0710. The number of amides is 1. The molecule has 0 bridgehead atoms. The zero-order chi connectivity index (χ0) is 28.0. The highest BCUT2D eigenvalue weighted by Gasteiger charge is 2.62. The lowest BCUT2D eigenvalue weighted by atomic mass is 9.60. The number of nitrogens with one attached hydrogen (secondary N) is 1. The third-order valence-corrected chi connectivity index (χ3v) is 8.45. The van der Waals surface area contributed by atoms with E-state index in [1.807, 2.05) is 0 Å². The molecular formula is C27H61NO4Si3. The Hall–Kier alpha value is 0.000649. The zero-order valence-corrected chi connectivity index (χ0v) is 29.7. The molecule has 0 fully saturated rings. The van der Waals surface area contributed by atoms with E-state index in [2.05, 4.69) is 114 Å². The average Bonchev–Trinajstić information content (AvgIpc) is 2.62. The first-order valence-corrected chi connectivity index (χ1v) is 22.2. The van der Waals surface area contributed by atoms with Crippen molar-refractivity contribution < 1.29 is 18.1 Å². The second-order valence-electron chi connectivity index (χ2n) is 14.4. The highest BCUT2D eigenvalue weighted by Crippen LogP contribution is 2.48. The van der Waals surface area contributed by atoms with Gasteiger partial charge in [-0.1, -0.05) is 75.7 Å². The topological polar surface area (TPSA) is 56.8 Å². The van der Waals surface area contributed by atoms with Crippen molar-refractivity contribution in [3.8, 4) is 0 Å². The molecular weight excluding hydrogens is 487 g/mol. The fourth-order valence-electron chi connectivity index (χ4n) is 5.17. The Labute approximate surface area is 224 Å². The zero-order valence-electron chi connectivity index (χ0n) is 26.2. The van der Waals surface area contributed by atoms with Crippen molar-refractivity contribution in [2.24, 2.45) is 16.2 Å². The van der Waals surface area contributed by atoms with Gasteiger partial charge in [-0.15, -0.1) is 0 Å². The first kappa shape index (κ1) is 35.0. The van der Waals surface area contributed by atoms with Gasteiger partial charge in [0.05, 0.1) is 18.3 Å². The maximum atomic E-state index is 13.7. The molecule has 3 unspecified atom stereocenters. The number of carbonyl (C=O) groups is 1. The quantitative estimate of drug-likeness (QED) is 0.276. The molecule has 0 radical (unpaired) electrons. The molecule has 0 aliphatic heterocycles. The highest BCUT2D eigenvalue weighted by molar-refractivity contribution is 6.49. The standard InChI is InChI=1S/C27H61NO4Si3/c1-17-18-19-20(29)28-27(21(24(2,3)4)30-33(11)12,22(25(5,6)7)31-34(13)14)23(26(8,9)10)32-35(15)16/h21-23,33-35H,17-19H2,1-16H3,(H,28,29). The van der Waals surface area contributed by atoms with Gasteiger partial charge in [-0.25, -0.2) is 0 Å². The first-order valence-electron chi connectivity index (χ1n) is 13.9. The van der Waals surface area contributed by atoms with Crippen LogP contribution in [0, 0.1) is 16.2 Å². The molecule has 5 nitrogen and oxygen atoms in total. The van der Waals surface area contributed by atoms with Crippen LogP contribution < -0.4 is 5.32 Å². The summed E-state index contributed by atoms with van der Waals surface area (Å²) in [5, 5.41) is 3.65. The van der Waals surface area contributed by atoms with Gasteiger partial charge in [-0.2, -0.15) is 0 Å². The predicted molar refractivity (Wildman–Crippen MR) is 160 cm³/mol. The van der Waals surface area contributed by atoms with E-state index in [9.17, 15) is 4.79 Å². The average molecular weight is 548 g/mol. The van der Waals surface area contributed by atoms with Crippen LogP contribution in [0.1, 0.15) is 88.5 Å². The van der Waals surface area contributed by atoms with Crippen molar-refractivity contribution in [1.29, 1.82) is 0 Å². The molecule has 1 N–H and O–H groups in total. The van der Waals surface area contributed by atoms with E-state index < -0.39 is 32.7 Å². The summed E-state index contributed by atoms with van der Waals surface area (Å²) in [7, 11) is -4.49. The number of hydrogen-bond donors (Lipinski definition) is 1. The Bertz CT molecular complexity index is 564. The molecule has 35 heavy (non-hydrogen) atoms. The van der Waals surface area contributed by atoms with E-state index in [0.29, 0.717) is 6.42 Å². The molecule has 0 saturated carbocycles. The van der Waals surface area contributed by atoms with Crippen molar-refractivity contribution in [3.05, 3.63) is 0 Å². The summed E-state index contributed by atoms with van der Waals surface area (Å²) in [5.41, 5.74) is -1.57. The Kier molecular flexibility index (Phi) is 13.7. The van der Waals surface area contributed by atoms with Crippen LogP contribution in [0.5, 0.6) is 0 Å². The minimum atomic E-state index is -1.50. The van der Waals surface area contributed by atoms with E-state index in [1.165, 1.54) is 0 Å². The maximum absolute atomic E-state index is 13.7. The van der Waals surface area contributed by atoms with Gasteiger partial charge in [0.1, 0.15) is 5.54 Å². The van der Waals surface area contributed by atoms with E-state index in [0.717, 1.165) is 12.8 Å². The second-order valence-corrected chi connectivity index (χ2v) is 21.5. The van der Waals surface area contributed by atoms with Gasteiger partial charge in [-0.05, 0) is 61.9 Å². The molecule has 3 atom stereocenters. The number of unbranched alkanes of at least 4 members (excludes halogenated alkanes) is 1. The van der Waals surface area contributed by atoms with Gasteiger partial charge in [0.15, 0.2) is 27.1 Å². The van der Waals surface area contributed by atoms with Gasteiger partial charge in [-0.3, -0.25) is 4.79 Å². The summed E-state index contributed by atoms with van der Waals surface area (Å²) in [6.07, 6.45) is 1.56. The van der Waals surface area contributed by atoms with Gasteiger partial charge < -0.3 is 18.6 Å². The van der Waals surface area contributed by atoms with Crippen LogP contribution in [-0.4, -0.2) is 56.9 Å². The van der Waals surface area contributed by atoms with Gasteiger partial charge in [0.25, 0.3) is 0 Å². The Balaban J connectivity index is 7.72. The van der Waals surface area contributed by atoms with E-state index in [-0.39, 0.29) is 40.5 Å². The number of carbonyl (C=O) groups excluding carboxylic acids is 1. The fraction of sp³-hybridized carbons (Fsp3) is 0.963. The van der Waals surface area contributed by atoms with Gasteiger partial charge in [0, 0.05) is 6.42 Å². The molecule has 0 saturated heterocycles. The highest BCUT2D eigenvalue weighted by atomic mass is 28.3. The van der Waals surface area contributed by atoms with E-state index >= 15 is 0 Å². The Morgan fingerprint density at radius 2 is 0.943 bits per heavy atom. The van der Waals surface area contributed by atoms with Crippen LogP contribution in [0.2, 0.25) is 39.3 Å². The molecule has 0 aromatic rings. The summed E-state index contributed by atoms with van der Waals surface area (Å²) in [5.74, 6) is 0.0710. The molecule has 0 spiro atoms. The lowest BCUT2D eigenvalue weighted by Crippen LogP contribution is -2.78. The molecule has 0 heterocycles. The van der Waals surface area contributed by atoms with Crippen molar-refractivity contribution >= 4 is 33.0 Å². The van der Waals surface area contributed by atoms with Crippen LogP contribution >= 0.6 is 0 Å². The second kappa shape index (κ2) is 13.7.